The standard InChI is InChI=1S/C16H6Cl6O4/c17-7-1-3-9(19)15(13(7)21)25-11(23)5-6-12(24)26-16-10(20)4-2-8(18)14(16)22/h1-6H/b6-5+. The molecule has 0 spiro atoms. The van der Waals surface area contributed by atoms with E-state index in [0.717, 1.165) is 12.2 Å². The van der Waals surface area contributed by atoms with Gasteiger partial charge in [-0.15, -0.1) is 0 Å². The first kappa shape index (κ1) is 21.2. The Hall–Kier alpha value is -1.14. The minimum Gasteiger partial charge on any atom is -0.420 e. The Kier molecular flexibility index (Phi) is 7.47. The van der Waals surface area contributed by atoms with Gasteiger partial charge in [-0.3, -0.25) is 0 Å². The third-order valence-corrected chi connectivity index (χ3v) is 4.93. The largest absolute Gasteiger partial charge is 0.420 e. The van der Waals surface area contributed by atoms with Crippen LogP contribution in [0.25, 0.3) is 0 Å². The molecular formula is C16H6Cl6O4. The van der Waals surface area contributed by atoms with Gasteiger partial charge in [0, 0.05) is 12.2 Å². The quantitative estimate of drug-likeness (QED) is 0.215. The Bertz CT molecular complexity index is 837. The molecule has 0 aliphatic rings. The molecule has 0 aliphatic heterocycles. The third kappa shape index (κ3) is 5.19. The normalized spacial score (nSPS) is 10.8. The first-order valence-corrected chi connectivity index (χ1v) is 8.86. The van der Waals surface area contributed by atoms with E-state index < -0.39 is 11.9 Å². The molecule has 0 amide bonds. The van der Waals surface area contributed by atoms with Crippen molar-refractivity contribution in [1.82, 2.24) is 0 Å². The number of esters is 2. The molecule has 0 saturated heterocycles. The van der Waals surface area contributed by atoms with Gasteiger partial charge in [0.2, 0.25) is 0 Å². The van der Waals surface area contributed by atoms with Gasteiger partial charge >= 0.3 is 11.9 Å². The van der Waals surface area contributed by atoms with E-state index in [1.165, 1.54) is 24.3 Å². The van der Waals surface area contributed by atoms with Gasteiger partial charge in [0.25, 0.3) is 0 Å². The number of ether oxygens (including phenoxy) is 2. The number of rotatable bonds is 4. The molecule has 0 radical (unpaired) electrons. The first-order valence-electron chi connectivity index (χ1n) is 6.59. The molecule has 2 aromatic carbocycles. The Morgan fingerprint density at radius 3 is 1.27 bits per heavy atom. The number of carbonyl (C=O) groups is 2. The van der Waals surface area contributed by atoms with Gasteiger partial charge in [-0.05, 0) is 24.3 Å². The SMILES string of the molecule is O=C(/C=C/C(=O)Oc1c(Cl)ccc(Cl)c1Cl)Oc1c(Cl)ccc(Cl)c1Cl. The maximum atomic E-state index is 11.8. The molecule has 0 atom stereocenters. The van der Waals surface area contributed by atoms with E-state index in [1.54, 1.807) is 0 Å². The van der Waals surface area contributed by atoms with E-state index in [-0.39, 0.29) is 41.6 Å². The zero-order valence-corrected chi connectivity index (χ0v) is 16.9. The second-order valence-electron chi connectivity index (χ2n) is 4.52. The predicted molar refractivity (Wildman–Crippen MR) is 103 cm³/mol. The lowest BCUT2D eigenvalue weighted by atomic mass is 10.3. The van der Waals surface area contributed by atoms with Gasteiger partial charge in [-0.1, -0.05) is 69.6 Å². The van der Waals surface area contributed by atoms with Crippen LogP contribution in [0.15, 0.2) is 36.4 Å². The number of carbonyl (C=O) groups excluding carboxylic acids is 2. The Labute approximate surface area is 178 Å². The van der Waals surface area contributed by atoms with E-state index in [0.29, 0.717) is 0 Å². The number of benzene rings is 2. The van der Waals surface area contributed by atoms with Crippen molar-refractivity contribution < 1.29 is 19.1 Å². The lowest BCUT2D eigenvalue weighted by Gasteiger charge is -2.08. The summed E-state index contributed by atoms with van der Waals surface area (Å²) < 4.78 is 9.94. The fraction of sp³-hybridized carbons (Fsp3) is 0. The summed E-state index contributed by atoms with van der Waals surface area (Å²) in [5.74, 6) is -2.14. The predicted octanol–water partition coefficient (Wildman–Crippen LogP) is 6.67. The molecule has 26 heavy (non-hydrogen) atoms. The summed E-state index contributed by atoms with van der Waals surface area (Å²) in [7, 11) is 0. The van der Waals surface area contributed by atoms with Crippen molar-refractivity contribution in [2.24, 2.45) is 0 Å². The van der Waals surface area contributed by atoms with E-state index in [4.69, 9.17) is 79.1 Å². The lowest BCUT2D eigenvalue weighted by Crippen LogP contribution is -2.09. The maximum absolute atomic E-state index is 11.8. The number of hydrogen-bond acceptors (Lipinski definition) is 4. The smallest absolute Gasteiger partial charge is 0.336 e. The summed E-state index contributed by atoms with van der Waals surface area (Å²) in [6.45, 7) is 0. The van der Waals surface area contributed by atoms with Gasteiger partial charge in [0.1, 0.15) is 10.0 Å². The topological polar surface area (TPSA) is 52.6 Å². The summed E-state index contributed by atoms with van der Waals surface area (Å²) >= 11 is 35.2. The van der Waals surface area contributed by atoms with Crippen LogP contribution in [0.5, 0.6) is 11.5 Å². The van der Waals surface area contributed by atoms with Crippen LogP contribution in [0.3, 0.4) is 0 Å². The Morgan fingerprint density at radius 1 is 0.615 bits per heavy atom. The molecule has 4 nitrogen and oxygen atoms in total. The van der Waals surface area contributed by atoms with Crippen LogP contribution in [0, 0.1) is 0 Å². The van der Waals surface area contributed by atoms with Crippen molar-refractivity contribution in [3.63, 3.8) is 0 Å². The van der Waals surface area contributed by atoms with Gasteiger partial charge in [-0.2, -0.15) is 0 Å². The van der Waals surface area contributed by atoms with Crippen LogP contribution in [0.4, 0.5) is 0 Å². The minimum absolute atomic E-state index is 0.0408. The Balaban J connectivity index is 2.08. The van der Waals surface area contributed by atoms with Crippen LogP contribution in [-0.2, 0) is 9.59 Å². The van der Waals surface area contributed by atoms with Crippen molar-refractivity contribution in [2.75, 3.05) is 0 Å². The van der Waals surface area contributed by atoms with Gasteiger partial charge in [-0.25, -0.2) is 9.59 Å². The fourth-order valence-corrected chi connectivity index (χ4v) is 2.80. The molecule has 0 fully saturated rings. The van der Waals surface area contributed by atoms with Crippen LogP contribution in [-0.4, -0.2) is 11.9 Å². The second-order valence-corrected chi connectivity index (χ2v) is 6.90. The molecule has 0 saturated carbocycles. The highest BCUT2D eigenvalue weighted by Gasteiger charge is 2.16. The van der Waals surface area contributed by atoms with E-state index >= 15 is 0 Å². The molecule has 2 rings (SSSR count). The van der Waals surface area contributed by atoms with E-state index in [2.05, 4.69) is 0 Å². The lowest BCUT2D eigenvalue weighted by molar-refractivity contribution is -0.131. The number of hydrogen-bond donors (Lipinski definition) is 0. The van der Waals surface area contributed by atoms with Crippen molar-refractivity contribution in [3.05, 3.63) is 66.6 Å². The van der Waals surface area contributed by atoms with E-state index in [9.17, 15) is 9.59 Å². The molecular weight excluding hydrogens is 469 g/mol. The molecule has 0 unspecified atom stereocenters. The molecule has 0 bridgehead atoms. The average Bonchev–Trinajstić information content (AvgIpc) is 2.60. The summed E-state index contributed by atoms with van der Waals surface area (Å²) in [4.78, 5) is 23.6. The van der Waals surface area contributed by atoms with Gasteiger partial charge in [0.15, 0.2) is 11.5 Å². The zero-order valence-electron chi connectivity index (χ0n) is 12.4. The molecule has 0 aliphatic carbocycles. The highest BCUT2D eigenvalue weighted by atomic mass is 35.5. The average molecular weight is 475 g/mol. The van der Waals surface area contributed by atoms with Crippen molar-refractivity contribution >= 4 is 81.5 Å². The Morgan fingerprint density at radius 2 is 0.923 bits per heavy atom. The van der Waals surface area contributed by atoms with Gasteiger partial charge in [0.05, 0.1) is 20.1 Å². The van der Waals surface area contributed by atoms with Crippen molar-refractivity contribution in [2.45, 2.75) is 0 Å². The van der Waals surface area contributed by atoms with Crippen LogP contribution < -0.4 is 9.47 Å². The first-order chi connectivity index (χ1) is 12.2. The molecule has 10 heteroatoms. The van der Waals surface area contributed by atoms with Crippen LogP contribution in [0.1, 0.15) is 0 Å². The molecule has 136 valence electrons. The van der Waals surface area contributed by atoms with Crippen molar-refractivity contribution in [3.8, 4) is 11.5 Å². The summed E-state index contributed by atoms with van der Waals surface area (Å²) in [5.41, 5.74) is 0. The highest BCUT2D eigenvalue weighted by Crippen LogP contribution is 2.39. The molecule has 2 aromatic rings. The molecule has 0 heterocycles. The third-order valence-electron chi connectivity index (χ3n) is 2.76. The van der Waals surface area contributed by atoms with Crippen LogP contribution >= 0.6 is 69.6 Å². The minimum atomic E-state index is -0.934. The monoisotopic (exact) mass is 472 g/mol. The van der Waals surface area contributed by atoms with Crippen molar-refractivity contribution in [1.29, 1.82) is 0 Å². The number of halogens is 6. The molecule has 0 N–H and O–H groups in total. The van der Waals surface area contributed by atoms with E-state index in [1.807, 2.05) is 0 Å². The van der Waals surface area contributed by atoms with Gasteiger partial charge < -0.3 is 9.47 Å². The molecule has 0 aromatic heterocycles. The fourth-order valence-electron chi connectivity index (χ4n) is 1.61. The zero-order chi connectivity index (χ0) is 19.4. The summed E-state index contributed by atoms with van der Waals surface area (Å²) in [6.07, 6.45) is 1.62. The van der Waals surface area contributed by atoms with Crippen LogP contribution in [0.2, 0.25) is 30.1 Å². The summed E-state index contributed by atoms with van der Waals surface area (Å²) in [6, 6.07) is 5.68. The highest BCUT2D eigenvalue weighted by molar-refractivity contribution is 6.45. The maximum Gasteiger partial charge on any atom is 0.336 e. The second kappa shape index (κ2) is 9.18. The summed E-state index contributed by atoms with van der Waals surface area (Å²) in [5, 5.41) is 0.351.